The number of pyridine rings is 1. The highest BCUT2D eigenvalue weighted by atomic mass is 14.6. The fourth-order valence-electron chi connectivity index (χ4n) is 0.291. The molecule has 0 fully saturated rings. The van der Waals surface area contributed by atoms with Crippen molar-refractivity contribution in [1.82, 2.24) is 4.98 Å². The fourth-order valence-corrected chi connectivity index (χ4v) is 0.291. The van der Waals surface area contributed by atoms with Crippen LogP contribution in [0.3, 0.4) is 0 Å². The predicted molar refractivity (Wildman–Crippen MR) is 29.0 cm³/mol. The standard InChI is InChI=1S/C6H7N/c1-6-3-2-4-7-5-6/h2-5H,1H3/i1D3,2D,3D. The molecule has 0 radical (unpaired) electrons. The Balaban J connectivity index is 3.26. The van der Waals surface area contributed by atoms with Gasteiger partial charge in [0.2, 0.25) is 0 Å². The van der Waals surface area contributed by atoms with Crippen LogP contribution in [0.2, 0.25) is 0 Å². The van der Waals surface area contributed by atoms with E-state index in [0.29, 0.717) is 0 Å². The number of rotatable bonds is 0. The minimum atomic E-state index is -2.35. The van der Waals surface area contributed by atoms with Gasteiger partial charge in [0.15, 0.2) is 0 Å². The molecule has 1 heterocycles. The molecule has 1 aromatic heterocycles. The zero-order valence-corrected chi connectivity index (χ0v) is 3.60. The minimum absolute atomic E-state index is 0.163. The monoisotopic (exact) mass is 98.1 g/mol. The summed E-state index contributed by atoms with van der Waals surface area (Å²) in [6.45, 7) is -2.35. The predicted octanol–water partition coefficient (Wildman–Crippen LogP) is 1.39. The average molecular weight is 98.2 g/mol. The SMILES string of the molecule is [2H]c1cncc(C([2H])([2H])[2H])c1[2H]. The van der Waals surface area contributed by atoms with Gasteiger partial charge in [-0.05, 0) is 18.5 Å². The van der Waals surface area contributed by atoms with Gasteiger partial charge in [0.05, 0.1) is 2.74 Å². The summed E-state index contributed by atoms with van der Waals surface area (Å²) in [4.78, 5) is 3.54. The van der Waals surface area contributed by atoms with Gasteiger partial charge >= 0.3 is 0 Å². The normalized spacial score (nSPS) is 20.9. The first-order chi connectivity index (χ1) is 5.43. The molecule has 0 saturated heterocycles. The van der Waals surface area contributed by atoms with E-state index in [2.05, 4.69) is 4.98 Å². The first-order valence-electron chi connectivity index (χ1n) is 4.34. The lowest BCUT2D eigenvalue weighted by atomic mass is 10.3. The highest BCUT2D eigenvalue weighted by molar-refractivity contribution is 5.04. The van der Waals surface area contributed by atoms with Crippen LogP contribution in [0.5, 0.6) is 0 Å². The molecule has 0 aliphatic rings. The quantitative estimate of drug-likeness (QED) is 0.478. The molecule has 36 valence electrons. The number of nitrogens with zero attached hydrogens (tertiary/aromatic N) is 1. The lowest BCUT2D eigenvalue weighted by Gasteiger charge is -1.82. The van der Waals surface area contributed by atoms with Crippen LogP contribution >= 0.6 is 0 Å². The Labute approximate surface area is 50.0 Å². The van der Waals surface area contributed by atoms with Crippen molar-refractivity contribution >= 4 is 0 Å². The van der Waals surface area contributed by atoms with Crippen LogP contribution < -0.4 is 0 Å². The van der Waals surface area contributed by atoms with Crippen LogP contribution in [0.25, 0.3) is 0 Å². The number of aryl methyl sites for hydroxylation is 1. The summed E-state index contributed by atoms with van der Waals surface area (Å²) in [7, 11) is 0. The van der Waals surface area contributed by atoms with Crippen molar-refractivity contribution in [1.29, 1.82) is 0 Å². The molecule has 0 amide bonds. The van der Waals surface area contributed by atoms with Crippen molar-refractivity contribution in [2.45, 2.75) is 6.85 Å². The molecular formula is C6H7N. The van der Waals surface area contributed by atoms with Gasteiger partial charge in [-0.1, -0.05) is 6.04 Å². The van der Waals surface area contributed by atoms with Gasteiger partial charge in [-0.25, -0.2) is 0 Å². The molecule has 0 aromatic carbocycles. The lowest BCUT2D eigenvalue weighted by molar-refractivity contribution is 1.27. The first-order valence-corrected chi connectivity index (χ1v) is 1.84. The van der Waals surface area contributed by atoms with E-state index in [1.165, 1.54) is 0 Å². The molecule has 0 unspecified atom stereocenters. The number of hydrogen-bond acceptors (Lipinski definition) is 1. The topological polar surface area (TPSA) is 12.9 Å². The number of hydrogen-bond donors (Lipinski definition) is 0. The summed E-state index contributed by atoms with van der Waals surface area (Å²) in [6, 6.07) is -0.436. The second-order valence-electron chi connectivity index (χ2n) is 1.09. The minimum Gasteiger partial charge on any atom is -0.264 e. The summed E-state index contributed by atoms with van der Waals surface area (Å²) < 4.78 is 35.4. The Morgan fingerprint density at radius 3 is 3.71 bits per heavy atom. The van der Waals surface area contributed by atoms with E-state index in [-0.39, 0.29) is 17.6 Å². The summed E-state index contributed by atoms with van der Waals surface area (Å²) in [5, 5.41) is 0. The molecule has 0 spiro atoms. The molecule has 0 atom stereocenters. The van der Waals surface area contributed by atoms with Gasteiger partial charge in [-0.3, -0.25) is 4.98 Å². The van der Waals surface area contributed by atoms with Gasteiger partial charge in [0.1, 0.15) is 0 Å². The molecule has 0 bridgehead atoms. The molecule has 0 N–H and O–H groups in total. The third kappa shape index (κ3) is 1.000. The molecule has 1 aromatic rings. The molecule has 1 nitrogen and oxygen atoms in total. The van der Waals surface area contributed by atoms with Gasteiger partial charge in [0.25, 0.3) is 0 Å². The van der Waals surface area contributed by atoms with Crippen LogP contribution in [0.4, 0.5) is 0 Å². The van der Waals surface area contributed by atoms with Crippen LogP contribution in [0, 0.1) is 6.85 Å². The Kier molecular flexibility index (Phi) is 0.325. The van der Waals surface area contributed by atoms with Crippen LogP contribution in [-0.2, 0) is 0 Å². The molecule has 1 rings (SSSR count). The maximum absolute atomic E-state index is 7.26. The van der Waals surface area contributed by atoms with E-state index in [0.717, 1.165) is 12.4 Å². The third-order valence-electron chi connectivity index (χ3n) is 0.550. The fraction of sp³-hybridized carbons (Fsp3) is 0.167. The van der Waals surface area contributed by atoms with Gasteiger partial charge < -0.3 is 0 Å². The molecule has 1 heteroatoms. The third-order valence-corrected chi connectivity index (χ3v) is 0.550. The van der Waals surface area contributed by atoms with Crippen LogP contribution in [0.1, 0.15) is 12.4 Å². The Morgan fingerprint density at radius 2 is 3.00 bits per heavy atom. The largest absolute Gasteiger partial charge is 0.264 e. The zero-order valence-electron chi connectivity index (χ0n) is 8.60. The Hall–Kier alpha value is -0.850. The highest BCUT2D eigenvalue weighted by Crippen LogP contribution is 1.88. The van der Waals surface area contributed by atoms with Crippen molar-refractivity contribution in [3.05, 3.63) is 30.0 Å². The van der Waals surface area contributed by atoms with Crippen molar-refractivity contribution in [2.75, 3.05) is 0 Å². The summed E-state index contributed by atoms with van der Waals surface area (Å²) in [5.74, 6) is 0. The average Bonchev–Trinajstić information content (AvgIpc) is 1.92. The smallest absolute Gasteiger partial charge is 0.0639 e. The maximum Gasteiger partial charge on any atom is 0.0639 e. The van der Waals surface area contributed by atoms with Gasteiger partial charge in [0, 0.05) is 16.5 Å². The molecular weight excluding hydrogens is 86.1 g/mol. The second-order valence-corrected chi connectivity index (χ2v) is 1.09. The van der Waals surface area contributed by atoms with Crippen molar-refractivity contribution in [2.24, 2.45) is 0 Å². The van der Waals surface area contributed by atoms with E-state index < -0.39 is 6.85 Å². The molecule has 0 aliphatic carbocycles. The summed E-state index contributed by atoms with van der Waals surface area (Å²) in [6.07, 6.45) is 2.25. The van der Waals surface area contributed by atoms with E-state index in [4.69, 9.17) is 6.85 Å². The van der Waals surface area contributed by atoms with Gasteiger partial charge in [-0.15, -0.1) is 0 Å². The van der Waals surface area contributed by atoms with Crippen LogP contribution in [-0.4, -0.2) is 4.98 Å². The Morgan fingerprint density at radius 1 is 2.00 bits per heavy atom. The van der Waals surface area contributed by atoms with Crippen molar-refractivity contribution < 1.29 is 6.85 Å². The second kappa shape index (κ2) is 1.73. The van der Waals surface area contributed by atoms with E-state index >= 15 is 0 Å². The summed E-state index contributed by atoms with van der Waals surface area (Å²) >= 11 is 0. The van der Waals surface area contributed by atoms with E-state index in [1.807, 2.05) is 0 Å². The molecule has 7 heavy (non-hydrogen) atoms. The maximum atomic E-state index is 7.26. The first kappa shape index (κ1) is 1.31. The van der Waals surface area contributed by atoms with Crippen molar-refractivity contribution in [3.8, 4) is 0 Å². The highest BCUT2D eigenvalue weighted by Gasteiger charge is 1.73. The number of aromatic nitrogens is 1. The van der Waals surface area contributed by atoms with E-state index in [9.17, 15) is 0 Å². The van der Waals surface area contributed by atoms with Crippen LogP contribution in [0.15, 0.2) is 24.5 Å². The van der Waals surface area contributed by atoms with E-state index in [1.54, 1.807) is 0 Å². The Bertz CT molecular complexity index is 292. The zero-order chi connectivity index (χ0) is 9.35. The lowest BCUT2D eigenvalue weighted by Crippen LogP contribution is -1.69. The molecule has 0 aliphatic heterocycles. The van der Waals surface area contributed by atoms with Gasteiger partial charge in [-0.2, -0.15) is 0 Å². The van der Waals surface area contributed by atoms with Crippen molar-refractivity contribution in [3.63, 3.8) is 0 Å². The molecule has 0 saturated carbocycles. The summed E-state index contributed by atoms with van der Waals surface area (Å²) in [5.41, 5.74) is -0.171.